The molecule has 0 radical (unpaired) electrons. The van der Waals surface area contributed by atoms with Gasteiger partial charge in [-0.05, 0) is 17.4 Å². The third kappa shape index (κ3) is 4.60. The Morgan fingerprint density at radius 3 is 2.76 bits per heavy atom. The van der Waals surface area contributed by atoms with E-state index in [0.717, 1.165) is 17.7 Å². The second kappa shape index (κ2) is 7.62. The lowest BCUT2D eigenvalue weighted by molar-refractivity contribution is -0.121. The Kier molecular flexibility index (Phi) is 6.45. The molecule has 1 aromatic rings. The molecule has 0 saturated heterocycles. The van der Waals surface area contributed by atoms with E-state index >= 15 is 0 Å². The molecule has 3 heteroatoms. The van der Waals surface area contributed by atoms with E-state index in [2.05, 4.69) is 13.8 Å². The van der Waals surface area contributed by atoms with E-state index in [1.807, 2.05) is 17.5 Å². The van der Waals surface area contributed by atoms with Crippen molar-refractivity contribution in [2.45, 2.75) is 52.0 Å². The average molecular weight is 253 g/mol. The highest BCUT2D eigenvalue weighted by Gasteiger charge is 2.20. The fourth-order valence-electron chi connectivity index (χ4n) is 1.98. The van der Waals surface area contributed by atoms with Gasteiger partial charge in [0.15, 0.2) is 5.78 Å². The minimum Gasteiger partial charge on any atom is -0.317 e. The summed E-state index contributed by atoms with van der Waals surface area (Å²) >= 11 is 1.57. The minimum atomic E-state index is -0.411. The zero-order valence-electron chi connectivity index (χ0n) is 10.8. The molecule has 2 unspecified atom stereocenters. The van der Waals surface area contributed by atoms with E-state index in [1.165, 1.54) is 12.8 Å². The van der Waals surface area contributed by atoms with Crippen LogP contribution in [0.1, 0.15) is 56.9 Å². The topological polar surface area (TPSA) is 43.1 Å². The molecule has 17 heavy (non-hydrogen) atoms. The molecule has 0 aliphatic heterocycles. The van der Waals surface area contributed by atoms with Crippen LogP contribution in [-0.4, -0.2) is 5.78 Å². The summed E-state index contributed by atoms with van der Waals surface area (Å²) in [5, 5.41) is 1.97. The van der Waals surface area contributed by atoms with Crippen molar-refractivity contribution in [3.8, 4) is 0 Å². The Morgan fingerprint density at radius 1 is 1.47 bits per heavy atom. The van der Waals surface area contributed by atoms with Crippen LogP contribution in [0.4, 0.5) is 0 Å². The minimum absolute atomic E-state index is 0.190. The van der Waals surface area contributed by atoms with Crippen molar-refractivity contribution in [2.75, 3.05) is 0 Å². The van der Waals surface area contributed by atoms with E-state index in [1.54, 1.807) is 11.3 Å². The molecular weight excluding hydrogens is 230 g/mol. The summed E-state index contributed by atoms with van der Waals surface area (Å²) in [6, 6.07) is 3.48. The molecule has 0 aromatic carbocycles. The lowest BCUT2D eigenvalue weighted by Gasteiger charge is -2.16. The molecule has 0 amide bonds. The first-order valence-corrected chi connectivity index (χ1v) is 7.38. The van der Waals surface area contributed by atoms with Crippen molar-refractivity contribution in [1.82, 2.24) is 0 Å². The van der Waals surface area contributed by atoms with Crippen LogP contribution in [0.3, 0.4) is 0 Å². The number of nitrogens with two attached hydrogens (primary N) is 1. The van der Waals surface area contributed by atoms with Crippen molar-refractivity contribution < 1.29 is 4.79 Å². The second-order valence-corrected chi connectivity index (χ2v) is 5.56. The highest BCUT2D eigenvalue weighted by molar-refractivity contribution is 7.10. The molecule has 96 valence electrons. The largest absolute Gasteiger partial charge is 0.317 e. The van der Waals surface area contributed by atoms with Gasteiger partial charge in [-0.2, -0.15) is 0 Å². The number of hydrogen-bond donors (Lipinski definition) is 1. The summed E-state index contributed by atoms with van der Waals surface area (Å²) in [5.74, 6) is 0.698. The van der Waals surface area contributed by atoms with Crippen LogP contribution in [0.2, 0.25) is 0 Å². The van der Waals surface area contributed by atoms with E-state index in [9.17, 15) is 4.79 Å². The summed E-state index contributed by atoms with van der Waals surface area (Å²) in [5.41, 5.74) is 5.98. The van der Waals surface area contributed by atoms with Gasteiger partial charge in [-0.1, -0.05) is 45.6 Å². The summed E-state index contributed by atoms with van der Waals surface area (Å²) in [6.45, 7) is 4.34. The second-order valence-electron chi connectivity index (χ2n) is 4.58. The van der Waals surface area contributed by atoms with E-state index < -0.39 is 6.04 Å². The Hall–Kier alpha value is -0.670. The normalized spacial score (nSPS) is 14.5. The number of rotatable bonds is 8. The quantitative estimate of drug-likeness (QED) is 0.763. The smallest absolute Gasteiger partial charge is 0.155 e. The van der Waals surface area contributed by atoms with Crippen LogP contribution in [0.25, 0.3) is 0 Å². The van der Waals surface area contributed by atoms with Crippen LogP contribution >= 0.6 is 11.3 Å². The Bertz CT molecular complexity index is 321. The molecule has 2 N–H and O–H groups in total. The molecule has 1 heterocycles. The number of Topliss-reactive ketones (excluding diaryl/α,β-unsaturated/α-hetero) is 1. The first kappa shape index (κ1) is 14.4. The first-order valence-electron chi connectivity index (χ1n) is 6.50. The van der Waals surface area contributed by atoms with Crippen molar-refractivity contribution in [3.63, 3.8) is 0 Å². The van der Waals surface area contributed by atoms with E-state index in [-0.39, 0.29) is 5.78 Å². The van der Waals surface area contributed by atoms with Gasteiger partial charge in [0.25, 0.3) is 0 Å². The first-order chi connectivity index (χ1) is 8.19. The van der Waals surface area contributed by atoms with Crippen molar-refractivity contribution in [1.29, 1.82) is 0 Å². The van der Waals surface area contributed by atoms with Gasteiger partial charge in [0.05, 0.1) is 6.04 Å². The van der Waals surface area contributed by atoms with E-state index in [0.29, 0.717) is 12.3 Å². The molecule has 0 bridgehead atoms. The van der Waals surface area contributed by atoms with E-state index in [4.69, 9.17) is 5.73 Å². The van der Waals surface area contributed by atoms with Crippen molar-refractivity contribution >= 4 is 17.1 Å². The van der Waals surface area contributed by atoms with Crippen LogP contribution in [-0.2, 0) is 4.79 Å². The van der Waals surface area contributed by atoms with Gasteiger partial charge >= 0.3 is 0 Å². The average Bonchev–Trinajstić information content (AvgIpc) is 2.86. The maximum absolute atomic E-state index is 12.1. The Morgan fingerprint density at radius 2 is 2.24 bits per heavy atom. The monoisotopic (exact) mass is 253 g/mol. The standard InChI is InChI=1S/C14H23NOS/c1-3-5-7-11(4-2)10-12(16)14(15)13-8-6-9-17-13/h6,8-9,11,14H,3-5,7,10,15H2,1-2H3. The number of carbonyl (C=O) groups excluding carboxylic acids is 1. The van der Waals surface area contributed by atoms with Crippen molar-refractivity contribution in [2.24, 2.45) is 11.7 Å². The van der Waals surface area contributed by atoms with Gasteiger partial charge in [-0.15, -0.1) is 11.3 Å². The predicted octanol–water partition coefficient (Wildman–Crippen LogP) is 3.92. The number of carbonyl (C=O) groups is 1. The number of hydrogen-bond acceptors (Lipinski definition) is 3. The van der Waals surface area contributed by atoms with Crippen LogP contribution in [0, 0.1) is 5.92 Å². The summed E-state index contributed by atoms with van der Waals surface area (Å²) < 4.78 is 0. The van der Waals surface area contributed by atoms with Gasteiger partial charge in [0.1, 0.15) is 0 Å². The third-order valence-corrected chi connectivity index (χ3v) is 4.19. The molecule has 0 spiro atoms. The molecule has 0 aliphatic carbocycles. The fraction of sp³-hybridized carbons (Fsp3) is 0.643. The van der Waals surface area contributed by atoms with Crippen LogP contribution < -0.4 is 5.73 Å². The SMILES string of the molecule is CCCCC(CC)CC(=O)C(N)c1cccs1. The zero-order chi connectivity index (χ0) is 12.7. The molecule has 1 rings (SSSR count). The molecular formula is C14H23NOS. The molecule has 0 fully saturated rings. The number of ketones is 1. The van der Waals surface area contributed by atoms with Crippen LogP contribution in [0.15, 0.2) is 17.5 Å². The number of unbranched alkanes of at least 4 members (excludes halogenated alkanes) is 1. The maximum atomic E-state index is 12.1. The maximum Gasteiger partial charge on any atom is 0.155 e. The lowest BCUT2D eigenvalue weighted by atomic mass is 9.91. The van der Waals surface area contributed by atoms with Gasteiger partial charge < -0.3 is 5.73 Å². The summed E-state index contributed by atoms with van der Waals surface area (Å²) in [6.07, 6.45) is 5.26. The van der Waals surface area contributed by atoms with Crippen molar-refractivity contribution in [3.05, 3.63) is 22.4 Å². The van der Waals surface area contributed by atoms with Gasteiger partial charge in [0.2, 0.25) is 0 Å². The zero-order valence-corrected chi connectivity index (χ0v) is 11.6. The predicted molar refractivity (Wildman–Crippen MR) is 74.2 cm³/mol. The fourth-order valence-corrected chi connectivity index (χ4v) is 2.73. The molecule has 0 saturated carbocycles. The van der Waals surface area contributed by atoms with Crippen LogP contribution in [0.5, 0.6) is 0 Å². The highest BCUT2D eigenvalue weighted by atomic mass is 32.1. The van der Waals surface area contributed by atoms with Gasteiger partial charge in [-0.25, -0.2) is 0 Å². The molecule has 0 aliphatic rings. The third-order valence-electron chi connectivity index (χ3n) is 3.23. The molecule has 2 nitrogen and oxygen atoms in total. The molecule has 1 aromatic heterocycles. The Balaban J connectivity index is 2.46. The Labute approximate surface area is 108 Å². The lowest BCUT2D eigenvalue weighted by Crippen LogP contribution is -2.22. The summed E-state index contributed by atoms with van der Waals surface area (Å²) in [7, 11) is 0. The highest BCUT2D eigenvalue weighted by Crippen LogP contribution is 2.23. The van der Waals surface area contributed by atoms with Gasteiger partial charge in [-0.3, -0.25) is 4.79 Å². The summed E-state index contributed by atoms with van der Waals surface area (Å²) in [4.78, 5) is 13.0. The number of thiophene rings is 1. The molecule has 2 atom stereocenters. The van der Waals surface area contributed by atoms with Gasteiger partial charge in [0, 0.05) is 11.3 Å².